The first kappa shape index (κ1) is 14.2. The van der Waals surface area contributed by atoms with Gasteiger partial charge in [-0.2, -0.15) is 26.3 Å². The van der Waals surface area contributed by atoms with Crippen molar-refractivity contribution in [1.29, 1.82) is 0 Å². The summed E-state index contributed by atoms with van der Waals surface area (Å²) in [6, 6.07) is 0. The molecule has 0 heterocycles. The standard InChI is InChI=1S/C4H2F6O4S/c5-2(6,1(11)12)3(7,8)4(9,10)15(13)14/h(H,11,12)(H,13,14). The predicted octanol–water partition coefficient (Wildman–Crippen LogP) is 1.16. The molecule has 0 fully saturated rings. The molecule has 0 aliphatic carbocycles. The van der Waals surface area contributed by atoms with Gasteiger partial charge in [-0.1, -0.05) is 0 Å². The summed E-state index contributed by atoms with van der Waals surface area (Å²) in [5.41, 5.74) is 0. The largest absolute Gasteiger partial charge is 0.477 e. The Morgan fingerprint density at radius 3 is 1.60 bits per heavy atom. The zero-order valence-corrected chi connectivity index (χ0v) is 7.20. The highest BCUT2D eigenvalue weighted by Gasteiger charge is 2.78. The van der Waals surface area contributed by atoms with Gasteiger partial charge in [-0.15, -0.1) is 0 Å². The first-order valence-corrected chi connectivity index (χ1v) is 3.97. The van der Waals surface area contributed by atoms with E-state index in [4.69, 9.17) is 9.66 Å². The van der Waals surface area contributed by atoms with Crippen LogP contribution in [0.2, 0.25) is 0 Å². The van der Waals surface area contributed by atoms with E-state index in [0.29, 0.717) is 0 Å². The number of hydrogen-bond donors (Lipinski definition) is 2. The third kappa shape index (κ3) is 1.93. The zero-order valence-electron chi connectivity index (χ0n) is 6.39. The van der Waals surface area contributed by atoms with Crippen LogP contribution in [0.3, 0.4) is 0 Å². The van der Waals surface area contributed by atoms with Gasteiger partial charge in [0.25, 0.3) is 0 Å². The highest BCUT2D eigenvalue weighted by Crippen LogP contribution is 2.47. The first-order chi connectivity index (χ1) is 6.39. The zero-order chi connectivity index (χ0) is 12.7. The second-order valence-corrected chi connectivity index (χ2v) is 3.23. The summed E-state index contributed by atoms with van der Waals surface area (Å²) >= 11 is -4.64. The quantitative estimate of drug-likeness (QED) is 0.587. The molecule has 0 spiro atoms. The van der Waals surface area contributed by atoms with Gasteiger partial charge in [-0.05, 0) is 0 Å². The van der Waals surface area contributed by atoms with Gasteiger partial charge in [0.05, 0.1) is 0 Å². The van der Waals surface area contributed by atoms with Crippen molar-refractivity contribution < 1.29 is 45.0 Å². The van der Waals surface area contributed by atoms with E-state index in [1.807, 2.05) is 0 Å². The number of hydrogen-bond acceptors (Lipinski definition) is 2. The van der Waals surface area contributed by atoms with Crippen LogP contribution in [-0.4, -0.2) is 36.9 Å². The Morgan fingerprint density at radius 1 is 1.07 bits per heavy atom. The average Bonchev–Trinajstić information content (AvgIpc) is 2.02. The van der Waals surface area contributed by atoms with Crippen LogP contribution in [0.25, 0.3) is 0 Å². The third-order valence-electron chi connectivity index (χ3n) is 1.25. The Balaban J connectivity index is 5.50. The molecule has 0 rings (SSSR count). The summed E-state index contributed by atoms with van der Waals surface area (Å²) < 4.78 is 90.3. The molecule has 0 aliphatic rings. The molecule has 2 N–H and O–H groups in total. The highest BCUT2D eigenvalue weighted by atomic mass is 32.2. The van der Waals surface area contributed by atoms with Gasteiger partial charge in [-0.25, -0.2) is 9.00 Å². The number of alkyl halides is 6. The molecule has 0 saturated carbocycles. The van der Waals surface area contributed by atoms with E-state index in [0.717, 1.165) is 0 Å². The third-order valence-corrected chi connectivity index (χ3v) is 1.94. The van der Waals surface area contributed by atoms with Crippen LogP contribution < -0.4 is 0 Å². The van der Waals surface area contributed by atoms with Gasteiger partial charge in [0.2, 0.25) is 11.1 Å². The fraction of sp³-hybridized carbons (Fsp3) is 0.750. The van der Waals surface area contributed by atoms with Crippen molar-refractivity contribution in [1.82, 2.24) is 0 Å². The Kier molecular flexibility index (Phi) is 3.42. The average molecular weight is 260 g/mol. The molecule has 0 radical (unpaired) electrons. The minimum atomic E-state index is -6.48. The Hall–Kier alpha value is -0.840. The maximum atomic E-state index is 12.2. The van der Waals surface area contributed by atoms with Gasteiger partial charge < -0.3 is 9.66 Å². The van der Waals surface area contributed by atoms with Gasteiger partial charge in [0.15, 0.2) is 0 Å². The van der Waals surface area contributed by atoms with E-state index >= 15 is 0 Å². The van der Waals surface area contributed by atoms with Crippen molar-refractivity contribution in [3.63, 3.8) is 0 Å². The Labute approximate surface area is 80.2 Å². The van der Waals surface area contributed by atoms with E-state index < -0.39 is 34.1 Å². The van der Waals surface area contributed by atoms with Crippen LogP contribution in [0.5, 0.6) is 0 Å². The number of carbonyl (C=O) groups is 1. The summed E-state index contributed by atoms with van der Waals surface area (Å²) in [7, 11) is 0. The van der Waals surface area contributed by atoms with Crippen molar-refractivity contribution in [2.24, 2.45) is 0 Å². The number of halogens is 6. The predicted molar refractivity (Wildman–Crippen MR) is 33.2 cm³/mol. The SMILES string of the molecule is O=C(O)C(F)(F)C(F)(F)C(F)(F)S(=O)O. The molecular weight excluding hydrogens is 258 g/mol. The van der Waals surface area contributed by atoms with E-state index in [2.05, 4.69) is 0 Å². The molecular formula is C4H2F6O4S. The molecule has 0 amide bonds. The molecule has 4 nitrogen and oxygen atoms in total. The van der Waals surface area contributed by atoms with Crippen molar-refractivity contribution >= 4 is 17.0 Å². The van der Waals surface area contributed by atoms with Crippen LogP contribution >= 0.6 is 0 Å². The summed E-state index contributed by atoms with van der Waals surface area (Å²) in [6.45, 7) is 0. The highest BCUT2D eigenvalue weighted by molar-refractivity contribution is 7.80. The van der Waals surface area contributed by atoms with Crippen LogP contribution in [0.15, 0.2) is 0 Å². The maximum Gasteiger partial charge on any atom is 0.413 e. The van der Waals surface area contributed by atoms with E-state index in [1.165, 1.54) is 0 Å². The molecule has 15 heavy (non-hydrogen) atoms. The second kappa shape index (κ2) is 3.63. The van der Waals surface area contributed by atoms with E-state index in [9.17, 15) is 35.3 Å². The Bertz CT molecular complexity index is 274. The smallest absolute Gasteiger partial charge is 0.413 e. The van der Waals surface area contributed by atoms with E-state index in [-0.39, 0.29) is 0 Å². The van der Waals surface area contributed by atoms with E-state index in [1.54, 1.807) is 0 Å². The van der Waals surface area contributed by atoms with Gasteiger partial charge in [0.1, 0.15) is 0 Å². The molecule has 0 aromatic rings. The maximum absolute atomic E-state index is 12.2. The fourth-order valence-electron chi connectivity index (χ4n) is 0.427. The van der Waals surface area contributed by atoms with Crippen molar-refractivity contribution in [3.05, 3.63) is 0 Å². The molecule has 11 heteroatoms. The molecule has 1 atom stereocenters. The molecule has 0 aromatic carbocycles. The molecule has 0 aromatic heterocycles. The topological polar surface area (TPSA) is 74.6 Å². The number of aliphatic carboxylic acids is 1. The number of carboxylic acid groups (broad SMARTS) is 1. The first-order valence-electron chi connectivity index (χ1n) is 2.86. The van der Waals surface area contributed by atoms with Crippen LogP contribution in [-0.2, 0) is 15.9 Å². The lowest BCUT2D eigenvalue weighted by Crippen LogP contribution is -2.59. The number of rotatable bonds is 4. The lowest BCUT2D eigenvalue weighted by atomic mass is 10.2. The second-order valence-electron chi connectivity index (χ2n) is 2.22. The Morgan fingerprint density at radius 2 is 1.40 bits per heavy atom. The summed E-state index contributed by atoms with van der Waals surface area (Å²) in [5, 5.41) is 1.50. The van der Waals surface area contributed by atoms with Crippen LogP contribution in [0, 0.1) is 0 Å². The van der Waals surface area contributed by atoms with Crippen LogP contribution in [0.4, 0.5) is 26.3 Å². The minimum absolute atomic E-state index is 3.53. The monoisotopic (exact) mass is 260 g/mol. The number of carboxylic acids is 1. The molecule has 0 saturated heterocycles. The molecule has 90 valence electrons. The molecule has 0 aliphatic heterocycles. The summed E-state index contributed by atoms with van der Waals surface area (Å²) in [4.78, 5) is 9.59. The summed E-state index contributed by atoms with van der Waals surface area (Å²) in [6.07, 6.45) is 0. The lowest BCUT2D eigenvalue weighted by molar-refractivity contribution is -0.276. The van der Waals surface area contributed by atoms with Gasteiger partial charge >= 0.3 is 23.1 Å². The minimum Gasteiger partial charge on any atom is -0.477 e. The van der Waals surface area contributed by atoms with Crippen molar-refractivity contribution in [3.8, 4) is 0 Å². The fourth-order valence-corrected chi connectivity index (χ4v) is 0.774. The molecule has 0 bridgehead atoms. The van der Waals surface area contributed by atoms with Gasteiger partial charge in [-0.3, -0.25) is 0 Å². The van der Waals surface area contributed by atoms with Gasteiger partial charge in [0, 0.05) is 0 Å². The summed E-state index contributed by atoms with van der Waals surface area (Å²) in [5.74, 6) is -16.2. The van der Waals surface area contributed by atoms with Crippen molar-refractivity contribution in [2.75, 3.05) is 0 Å². The van der Waals surface area contributed by atoms with Crippen LogP contribution in [0.1, 0.15) is 0 Å². The lowest BCUT2D eigenvalue weighted by Gasteiger charge is -2.27. The molecule has 1 unspecified atom stereocenters. The van der Waals surface area contributed by atoms with Crippen molar-refractivity contribution in [2.45, 2.75) is 17.1 Å². The normalized spacial score (nSPS) is 16.2.